The van der Waals surface area contributed by atoms with Gasteiger partial charge in [-0.25, -0.2) is 9.59 Å². The van der Waals surface area contributed by atoms with Crippen LogP contribution >= 0.6 is 0 Å². The van der Waals surface area contributed by atoms with Gasteiger partial charge in [-0.3, -0.25) is 4.55 Å². The lowest BCUT2D eigenvalue weighted by Crippen LogP contribution is -2.25. The van der Waals surface area contributed by atoms with Gasteiger partial charge in [-0.15, -0.1) is 0 Å². The van der Waals surface area contributed by atoms with E-state index < -0.39 is 27.5 Å². The molecule has 0 amide bonds. The SMILES string of the molecule is CCCCCCCCCCCCCCCCCOC(=O)c1ccccc1C(=O)OC(C)S(=O)(=O)O. The van der Waals surface area contributed by atoms with Crippen molar-refractivity contribution in [1.82, 2.24) is 0 Å². The smallest absolute Gasteiger partial charge is 0.340 e. The third-order valence-corrected chi connectivity index (χ3v) is 6.98. The first-order valence-electron chi connectivity index (χ1n) is 13.2. The van der Waals surface area contributed by atoms with Gasteiger partial charge in [0.15, 0.2) is 0 Å². The molecule has 1 atom stereocenters. The zero-order valence-corrected chi connectivity index (χ0v) is 22.3. The Balaban J connectivity index is 2.15. The molecule has 0 aromatic heterocycles. The lowest BCUT2D eigenvalue weighted by Gasteiger charge is -2.12. The second-order valence-electron chi connectivity index (χ2n) is 9.12. The molecule has 1 aromatic rings. The van der Waals surface area contributed by atoms with E-state index in [4.69, 9.17) is 14.0 Å². The minimum Gasteiger partial charge on any atom is -0.462 e. The Morgan fingerprint density at radius 1 is 0.743 bits per heavy atom. The molecule has 0 aliphatic heterocycles. The highest BCUT2D eigenvalue weighted by molar-refractivity contribution is 7.86. The Morgan fingerprint density at radius 2 is 1.14 bits per heavy atom. The second kappa shape index (κ2) is 18.4. The highest BCUT2D eigenvalue weighted by Gasteiger charge is 2.25. The molecular formula is C27H44O7S. The van der Waals surface area contributed by atoms with Crippen LogP contribution in [0.5, 0.6) is 0 Å². The van der Waals surface area contributed by atoms with Gasteiger partial charge in [-0.1, -0.05) is 109 Å². The summed E-state index contributed by atoms with van der Waals surface area (Å²) in [5.74, 6) is -1.68. The molecule has 0 fully saturated rings. The fourth-order valence-electron chi connectivity index (χ4n) is 3.83. The van der Waals surface area contributed by atoms with Crippen LogP contribution in [0.1, 0.15) is 131 Å². The standard InChI is InChI=1S/C27H44O7S/c1-3-4-5-6-7-8-9-10-11-12-13-14-15-16-19-22-33-26(28)24-20-17-18-21-25(24)27(29)34-23(2)35(30,31)32/h17-18,20-21,23H,3-16,19,22H2,1-2H3,(H,30,31,32). The number of ether oxygens (including phenoxy) is 2. The van der Waals surface area contributed by atoms with Gasteiger partial charge in [0.1, 0.15) is 0 Å². The topological polar surface area (TPSA) is 107 Å². The van der Waals surface area contributed by atoms with E-state index in [1.165, 1.54) is 95.2 Å². The van der Waals surface area contributed by atoms with Crippen LogP contribution in [0, 0.1) is 0 Å². The largest absolute Gasteiger partial charge is 0.462 e. The van der Waals surface area contributed by atoms with Crippen molar-refractivity contribution in [3.63, 3.8) is 0 Å². The summed E-state index contributed by atoms with van der Waals surface area (Å²) in [6.45, 7) is 3.53. The number of esters is 2. The van der Waals surface area contributed by atoms with Crippen LogP contribution < -0.4 is 0 Å². The number of benzene rings is 1. The van der Waals surface area contributed by atoms with E-state index in [1.807, 2.05) is 0 Å². The summed E-state index contributed by atoms with van der Waals surface area (Å²) in [4.78, 5) is 24.6. The monoisotopic (exact) mass is 512 g/mol. The molecule has 0 radical (unpaired) electrons. The minimum absolute atomic E-state index is 0.000923. The highest BCUT2D eigenvalue weighted by atomic mass is 32.2. The summed E-state index contributed by atoms with van der Waals surface area (Å²) in [7, 11) is -4.54. The van der Waals surface area contributed by atoms with Crippen molar-refractivity contribution in [3.05, 3.63) is 35.4 Å². The molecule has 0 spiro atoms. The Kier molecular flexibility index (Phi) is 16.3. The minimum atomic E-state index is -4.54. The number of unbranched alkanes of at least 4 members (excludes halogenated alkanes) is 14. The summed E-state index contributed by atoms with van der Waals surface area (Å²) < 4.78 is 41.2. The number of carbonyl (C=O) groups excluding carboxylic acids is 2. The van der Waals surface area contributed by atoms with Crippen LogP contribution in [-0.4, -0.2) is 37.0 Å². The Morgan fingerprint density at radius 3 is 1.57 bits per heavy atom. The molecule has 0 saturated heterocycles. The number of rotatable bonds is 20. The molecule has 1 unspecified atom stereocenters. The van der Waals surface area contributed by atoms with Crippen molar-refractivity contribution in [1.29, 1.82) is 0 Å². The van der Waals surface area contributed by atoms with Gasteiger partial charge < -0.3 is 9.47 Å². The summed E-state index contributed by atoms with van der Waals surface area (Å²) >= 11 is 0. The summed E-state index contributed by atoms with van der Waals surface area (Å²) in [6.07, 6.45) is 18.8. The van der Waals surface area contributed by atoms with Crippen molar-refractivity contribution < 1.29 is 32.0 Å². The van der Waals surface area contributed by atoms with Crippen LogP contribution in [0.3, 0.4) is 0 Å². The van der Waals surface area contributed by atoms with E-state index in [-0.39, 0.29) is 17.7 Å². The van der Waals surface area contributed by atoms with Crippen LogP contribution in [0.2, 0.25) is 0 Å². The van der Waals surface area contributed by atoms with Crippen molar-refractivity contribution in [3.8, 4) is 0 Å². The third kappa shape index (κ3) is 14.3. The maximum absolute atomic E-state index is 12.4. The van der Waals surface area contributed by atoms with E-state index in [1.54, 1.807) is 6.07 Å². The van der Waals surface area contributed by atoms with Gasteiger partial charge in [-0.2, -0.15) is 8.42 Å². The zero-order chi connectivity index (χ0) is 25.9. The van der Waals surface area contributed by atoms with Gasteiger partial charge in [0.05, 0.1) is 17.7 Å². The first-order chi connectivity index (χ1) is 16.8. The molecule has 35 heavy (non-hydrogen) atoms. The van der Waals surface area contributed by atoms with Crippen LogP contribution in [0.15, 0.2) is 24.3 Å². The first-order valence-corrected chi connectivity index (χ1v) is 14.7. The molecule has 1 rings (SSSR count). The van der Waals surface area contributed by atoms with Crippen LogP contribution in [0.25, 0.3) is 0 Å². The fourth-order valence-corrected chi connectivity index (χ4v) is 4.04. The Hall–Kier alpha value is -1.93. The normalized spacial score (nSPS) is 12.3. The van der Waals surface area contributed by atoms with Crippen LogP contribution in [0.4, 0.5) is 0 Å². The summed E-state index contributed by atoms with van der Waals surface area (Å²) in [6, 6.07) is 5.88. The highest BCUT2D eigenvalue weighted by Crippen LogP contribution is 2.16. The predicted molar refractivity (Wildman–Crippen MR) is 138 cm³/mol. The average molecular weight is 513 g/mol. The molecule has 0 aliphatic rings. The maximum atomic E-state index is 12.4. The molecule has 1 aromatic carbocycles. The number of hydrogen-bond acceptors (Lipinski definition) is 6. The fraction of sp³-hybridized carbons (Fsp3) is 0.704. The Labute approximate surface area is 211 Å². The van der Waals surface area contributed by atoms with Crippen molar-refractivity contribution in [2.24, 2.45) is 0 Å². The Bertz CT molecular complexity index is 836. The molecule has 200 valence electrons. The van der Waals surface area contributed by atoms with E-state index >= 15 is 0 Å². The van der Waals surface area contributed by atoms with Crippen molar-refractivity contribution >= 4 is 22.1 Å². The van der Waals surface area contributed by atoms with Gasteiger partial charge in [0, 0.05) is 0 Å². The van der Waals surface area contributed by atoms with Gasteiger partial charge in [-0.05, 0) is 25.5 Å². The van der Waals surface area contributed by atoms with Gasteiger partial charge in [0.25, 0.3) is 0 Å². The van der Waals surface area contributed by atoms with E-state index in [9.17, 15) is 18.0 Å². The first kappa shape index (κ1) is 31.1. The molecular weight excluding hydrogens is 468 g/mol. The predicted octanol–water partition coefficient (Wildman–Crippen LogP) is 7.11. The number of carbonyl (C=O) groups is 2. The van der Waals surface area contributed by atoms with Gasteiger partial charge in [0.2, 0.25) is 5.44 Å². The van der Waals surface area contributed by atoms with Crippen molar-refractivity contribution in [2.45, 2.75) is 116 Å². The molecule has 0 aliphatic carbocycles. The van der Waals surface area contributed by atoms with E-state index in [2.05, 4.69) is 6.92 Å². The van der Waals surface area contributed by atoms with Crippen molar-refractivity contribution in [2.75, 3.05) is 6.61 Å². The lowest BCUT2D eigenvalue weighted by molar-refractivity contribution is 0.0425. The number of hydrogen-bond donors (Lipinski definition) is 1. The molecule has 0 heterocycles. The van der Waals surface area contributed by atoms with Gasteiger partial charge >= 0.3 is 22.1 Å². The molecule has 0 saturated carbocycles. The molecule has 7 nitrogen and oxygen atoms in total. The molecule has 8 heteroatoms. The quantitative estimate of drug-likeness (QED) is 0.113. The van der Waals surface area contributed by atoms with E-state index in [0.29, 0.717) is 0 Å². The summed E-state index contributed by atoms with van der Waals surface area (Å²) in [5.41, 5.74) is -1.84. The molecule has 1 N–H and O–H groups in total. The summed E-state index contributed by atoms with van der Waals surface area (Å²) in [5, 5.41) is 0. The van der Waals surface area contributed by atoms with Crippen LogP contribution in [-0.2, 0) is 19.6 Å². The average Bonchev–Trinajstić information content (AvgIpc) is 2.83. The lowest BCUT2D eigenvalue weighted by atomic mass is 10.0. The van der Waals surface area contributed by atoms with E-state index in [0.717, 1.165) is 26.2 Å². The third-order valence-electron chi connectivity index (χ3n) is 6.04. The maximum Gasteiger partial charge on any atom is 0.340 e. The second-order valence-corrected chi connectivity index (χ2v) is 10.8. The zero-order valence-electron chi connectivity index (χ0n) is 21.5. The molecule has 0 bridgehead atoms.